The predicted octanol–water partition coefficient (Wildman–Crippen LogP) is 0.422. The van der Waals surface area contributed by atoms with Gasteiger partial charge in [0, 0.05) is 39.8 Å². The highest BCUT2D eigenvalue weighted by Gasteiger charge is 2.16. The van der Waals surface area contributed by atoms with Crippen LogP contribution < -0.4 is 5.32 Å². The lowest BCUT2D eigenvalue weighted by Gasteiger charge is -2.28. The number of carbonyl (C=O) groups excluding carboxylic acids is 1. The van der Waals surface area contributed by atoms with E-state index >= 15 is 0 Å². The van der Waals surface area contributed by atoms with Crippen molar-refractivity contribution in [3.8, 4) is 6.07 Å². The van der Waals surface area contributed by atoms with Crippen molar-refractivity contribution in [2.75, 3.05) is 39.8 Å². The summed E-state index contributed by atoms with van der Waals surface area (Å²) in [6.07, 6.45) is 0. The van der Waals surface area contributed by atoms with Gasteiger partial charge in [0.05, 0.1) is 18.2 Å². The van der Waals surface area contributed by atoms with Gasteiger partial charge in [-0.2, -0.15) is 5.26 Å². The fourth-order valence-corrected chi connectivity index (χ4v) is 2.28. The molecule has 1 amide bonds. The summed E-state index contributed by atoms with van der Waals surface area (Å²) in [5.74, 6) is 0.120. The van der Waals surface area contributed by atoms with E-state index in [9.17, 15) is 4.79 Å². The summed E-state index contributed by atoms with van der Waals surface area (Å²) in [6.45, 7) is 4.74. The van der Waals surface area contributed by atoms with Crippen molar-refractivity contribution in [1.29, 1.82) is 5.26 Å². The minimum atomic E-state index is 0.120. The Labute approximate surface area is 119 Å². The molecule has 5 heteroatoms. The molecule has 1 saturated heterocycles. The minimum absolute atomic E-state index is 0.120. The summed E-state index contributed by atoms with van der Waals surface area (Å²) in [6, 6.07) is 9.50. The number of nitrogens with zero attached hydrogens (tertiary/aromatic N) is 3. The zero-order chi connectivity index (χ0) is 14.4. The summed E-state index contributed by atoms with van der Waals surface area (Å²) in [7, 11) is 1.81. The van der Waals surface area contributed by atoms with Crippen LogP contribution in [0.1, 0.15) is 11.1 Å². The van der Waals surface area contributed by atoms with E-state index in [2.05, 4.69) is 16.3 Å². The Morgan fingerprint density at radius 3 is 2.90 bits per heavy atom. The molecule has 1 aliphatic rings. The second-order valence-electron chi connectivity index (χ2n) is 5.09. The van der Waals surface area contributed by atoms with Crippen LogP contribution in [0.4, 0.5) is 0 Å². The fraction of sp³-hybridized carbons (Fsp3) is 0.467. The van der Waals surface area contributed by atoms with Gasteiger partial charge in [-0.15, -0.1) is 0 Å². The molecule has 1 aromatic carbocycles. The van der Waals surface area contributed by atoms with Gasteiger partial charge in [0.1, 0.15) is 0 Å². The maximum atomic E-state index is 12.2. The highest BCUT2D eigenvalue weighted by molar-refractivity contribution is 5.78. The Morgan fingerprint density at radius 2 is 2.20 bits per heavy atom. The van der Waals surface area contributed by atoms with Crippen LogP contribution in [0.3, 0.4) is 0 Å². The Bertz CT molecular complexity index is 503. The third-order valence-electron chi connectivity index (χ3n) is 3.47. The Morgan fingerprint density at radius 1 is 1.45 bits per heavy atom. The van der Waals surface area contributed by atoms with E-state index in [0.717, 1.165) is 31.7 Å². The van der Waals surface area contributed by atoms with Crippen LogP contribution in [0.15, 0.2) is 24.3 Å². The van der Waals surface area contributed by atoms with Gasteiger partial charge in [-0.25, -0.2) is 0 Å². The molecule has 20 heavy (non-hydrogen) atoms. The number of rotatable bonds is 4. The largest absolute Gasteiger partial charge is 0.340 e. The van der Waals surface area contributed by atoms with E-state index in [0.29, 0.717) is 18.7 Å². The van der Waals surface area contributed by atoms with Crippen molar-refractivity contribution < 1.29 is 4.79 Å². The fourth-order valence-electron chi connectivity index (χ4n) is 2.28. The van der Waals surface area contributed by atoms with Gasteiger partial charge in [-0.05, 0) is 17.7 Å². The number of amides is 1. The summed E-state index contributed by atoms with van der Waals surface area (Å²) in [5.41, 5.74) is 1.62. The van der Waals surface area contributed by atoms with Crippen LogP contribution in [0, 0.1) is 11.3 Å². The van der Waals surface area contributed by atoms with Gasteiger partial charge in [-0.1, -0.05) is 12.1 Å². The number of likely N-dealkylation sites (N-methyl/N-ethyl adjacent to an activating group) is 1. The molecule has 1 N–H and O–H groups in total. The molecular formula is C15H20N4O. The van der Waals surface area contributed by atoms with Crippen LogP contribution in [-0.4, -0.2) is 55.5 Å². The first-order chi connectivity index (χ1) is 9.69. The standard InChI is InChI=1S/C15H20N4O/c1-18(11-14-4-2-3-13(9-14)10-16)15(20)12-19-7-5-17-6-8-19/h2-4,9,17H,5-8,11-12H2,1H3. The van der Waals surface area contributed by atoms with Gasteiger partial charge in [-0.3, -0.25) is 9.69 Å². The van der Waals surface area contributed by atoms with Crippen molar-refractivity contribution in [3.63, 3.8) is 0 Å². The van der Waals surface area contributed by atoms with E-state index in [1.54, 1.807) is 11.0 Å². The second kappa shape index (κ2) is 7.04. The first kappa shape index (κ1) is 14.5. The lowest BCUT2D eigenvalue weighted by molar-refractivity contribution is -0.131. The van der Waals surface area contributed by atoms with E-state index < -0.39 is 0 Å². The Hall–Kier alpha value is -1.90. The quantitative estimate of drug-likeness (QED) is 0.863. The normalized spacial score (nSPS) is 15.6. The number of nitriles is 1. The smallest absolute Gasteiger partial charge is 0.236 e. The van der Waals surface area contributed by atoms with Gasteiger partial charge in [0.25, 0.3) is 0 Å². The molecule has 106 valence electrons. The van der Waals surface area contributed by atoms with Crippen molar-refractivity contribution in [2.24, 2.45) is 0 Å². The zero-order valence-electron chi connectivity index (χ0n) is 11.8. The molecule has 1 aromatic rings. The number of hydrogen-bond donors (Lipinski definition) is 1. The molecule has 0 spiro atoms. The van der Waals surface area contributed by atoms with Gasteiger partial charge in [0.15, 0.2) is 0 Å². The SMILES string of the molecule is CN(Cc1cccc(C#N)c1)C(=O)CN1CCNCC1. The van der Waals surface area contributed by atoms with Crippen LogP contribution in [0.2, 0.25) is 0 Å². The third kappa shape index (κ3) is 4.05. The summed E-state index contributed by atoms with van der Waals surface area (Å²) in [5, 5.41) is 12.2. The van der Waals surface area contributed by atoms with E-state index in [4.69, 9.17) is 5.26 Å². The Kier molecular flexibility index (Phi) is 5.10. The molecule has 5 nitrogen and oxygen atoms in total. The van der Waals surface area contributed by atoms with Crippen LogP contribution >= 0.6 is 0 Å². The Balaban J connectivity index is 1.88. The molecule has 0 atom stereocenters. The lowest BCUT2D eigenvalue weighted by Crippen LogP contribution is -2.47. The molecule has 0 bridgehead atoms. The molecule has 1 aliphatic heterocycles. The van der Waals surface area contributed by atoms with E-state index in [-0.39, 0.29) is 5.91 Å². The van der Waals surface area contributed by atoms with Crippen molar-refractivity contribution >= 4 is 5.91 Å². The average molecular weight is 272 g/mol. The second-order valence-corrected chi connectivity index (χ2v) is 5.09. The van der Waals surface area contributed by atoms with Crippen LogP contribution in [0.5, 0.6) is 0 Å². The monoisotopic (exact) mass is 272 g/mol. The number of piperazine rings is 1. The van der Waals surface area contributed by atoms with Gasteiger partial charge in [0.2, 0.25) is 5.91 Å². The molecular weight excluding hydrogens is 252 g/mol. The maximum Gasteiger partial charge on any atom is 0.236 e. The van der Waals surface area contributed by atoms with Gasteiger partial charge >= 0.3 is 0 Å². The third-order valence-corrected chi connectivity index (χ3v) is 3.47. The van der Waals surface area contributed by atoms with Crippen LogP contribution in [0.25, 0.3) is 0 Å². The first-order valence-corrected chi connectivity index (χ1v) is 6.85. The molecule has 0 aliphatic carbocycles. The van der Waals surface area contributed by atoms with Gasteiger partial charge < -0.3 is 10.2 Å². The zero-order valence-corrected chi connectivity index (χ0v) is 11.8. The highest BCUT2D eigenvalue weighted by atomic mass is 16.2. The molecule has 0 saturated carbocycles. The van der Waals surface area contributed by atoms with Crippen molar-refractivity contribution in [2.45, 2.75) is 6.54 Å². The number of nitrogens with one attached hydrogen (secondary N) is 1. The van der Waals surface area contributed by atoms with Crippen molar-refractivity contribution in [3.05, 3.63) is 35.4 Å². The molecule has 0 unspecified atom stereocenters. The van der Waals surface area contributed by atoms with E-state index in [1.165, 1.54) is 0 Å². The highest BCUT2D eigenvalue weighted by Crippen LogP contribution is 2.07. The van der Waals surface area contributed by atoms with Crippen molar-refractivity contribution in [1.82, 2.24) is 15.1 Å². The number of benzene rings is 1. The first-order valence-electron chi connectivity index (χ1n) is 6.85. The molecule has 0 radical (unpaired) electrons. The number of carbonyl (C=O) groups is 1. The molecule has 2 rings (SSSR count). The molecule has 1 fully saturated rings. The van der Waals surface area contributed by atoms with Crippen LogP contribution in [-0.2, 0) is 11.3 Å². The predicted molar refractivity (Wildman–Crippen MR) is 76.9 cm³/mol. The summed E-state index contributed by atoms with van der Waals surface area (Å²) in [4.78, 5) is 16.1. The maximum absolute atomic E-state index is 12.2. The molecule has 0 aromatic heterocycles. The minimum Gasteiger partial charge on any atom is -0.340 e. The van der Waals surface area contributed by atoms with E-state index in [1.807, 2.05) is 25.2 Å². The summed E-state index contributed by atoms with van der Waals surface area (Å²) >= 11 is 0. The summed E-state index contributed by atoms with van der Waals surface area (Å²) < 4.78 is 0. The average Bonchev–Trinajstić information content (AvgIpc) is 2.48. The lowest BCUT2D eigenvalue weighted by atomic mass is 10.1. The molecule has 1 heterocycles. The number of hydrogen-bond acceptors (Lipinski definition) is 4. The topological polar surface area (TPSA) is 59.4 Å².